The van der Waals surface area contributed by atoms with E-state index in [2.05, 4.69) is 33.8 Å². The Morgan fingerprint density at radius 2 is 1.89 bits per heavy atom. The molecule has 4 fully saturated rings. The average molecular weight is 380 g/mol. The molecule has 4 bridgehead atoms. The summed E-state index contributed by atoms with van der Waals surface area (Å²) in [4.78, 5) is 28.4. The zero-order valence-electron chi connectivity index (χ0n) is 16.5. The first-order valence-electron chi connectivity index (χ1n) is 10.6. The van der Waals surface area contributed by atoms with Gasteiger partial charge in [-0.3, -0.25) is 9.59 Å². The van der Waals surface area contributed by atoms with Crippen molar-refractivity contribution in [2.24, 2.45) is 17.3 Å². The molecular formula is C23H29N3O2. The van der Waals surface area contributed by atoms with E-state index in [9.17, 15) is 9.59 Å². The monoisotopic (exact) mass is 379 g/mol. The zero-order valence-corrected chi connectivity index (χ0v) is 16.5. The summed E-state index contributed by atoms with van der Waals surface area (Å²) in [5, 5.41) is 7.72. The smallest absolute Gasteiger partial charge is 0.226 e. The molecule has 2 atom stereocenters. The molecule has 2 aromatic rings. The molecule has 5 heteroatoms. The third-order valence-electron chi connectivity index (χ3n) is 7.34. The fourth-order valence-corrected chi connectivity index (χ4v) is 6.88. The summed E-state index contributed by atoms with van der Waals surface area (Å²) in [7, 11) is 0. The maximum Gasteiger partial charge on any atom is 0.226 e. The maximum absolute atomic E-state index is 13.3. The minimum Gasteiger partial charge on any atom is -0.361 e. The van der Waals surface area contributed by atoms with Crippen molar-refractivity contribution in [2.75, 3.05) is 6.54 Å². The van der Waals surface area contributed by atoms with Crippen LogP contribution in [0.25, 0.3) is 10.9 Å². The second kappa shape index (κ2) is 6.36. The number of carbonyl (C=O) groups excluding carboxylic acids is 2. The van der Waals surface area contributed by atoms with Crippen LogP contribution in [0.2, 0.25) is 0 Å². The van der Waals surface area contributed by atoms with E-state index in [4.69, 9.17) is 0 Å². The highest BCUT2D eigenvalue weighted by molar-refractivity contribution is 5.85. The highest BCUT2D eigenvalue weighted by atomic mass is 16.2. The van der Waals surface area contributed by atoms with Crippen LogP contribution in [0, 0.1) is 17.3 Å². The highest BCUT2D eigenvalue weighted by Crippen LogP contribution is 2.61. The molecule has 4 aliphatic carbocycles. The van der Waals surface area contributed by atoms with Crippen LogP contribution in [0.15, 0.2) is 30.5 Å². The van der Waals surface area contributed by atoms with Crippen LogP contribution in [0.1, 0.15) is 51.0 Å². The molecule has 6 rings (SSSR count). The lowest BCUT2D eigenvalue weighted by atomic mass is 9.46. The number of hydrogen-bond donors (Lipinski definition) is 3. The Bertz CT molecular complexity index is 917. The zero-order chi connectivity index (χ0) is 19.4. The predicted molar refractivity (Wildman–Crippen MR) is 109 cm³/mol. The second-order valence-corrected chi connectivity index (χ2v) is 9.57. The molecule has 4 saturated carbocycles. The molecule has 0 aliphatic heterocycles. The van der Waals surface area contributed by atoms with Gasteiger partial charge in [0, 0.05) is 36.1 Å². The van der Waals surface area contributed by atoms with Crippen molar-refractivity contribution < 1.29 is 9.59 Å². The van der Waals surface area contributed by atoms with Crippen molar-refractivity contribution >= 4 is 22.7 Å². The van der Waals surface area contributed by atoms with Gasteiger partial charge in [0.15, 0.2) is 0 Å². The van der Waals surface area contributed by atoms with Crippen LogP contribution in [0.5, 0.6) is 0 Å². The topological polar surface area (TPSA) is 74.0 Å². The fraction of sp³-hybridized carbons (Fsp3) is 0.565. The van der Waals surface area contributed by atoms with Gasteiger partial charge in [-0.1, -0.05) is 18.2 Å². The summed E-state index contributed by atoms with van der Waals surface area (Å²) in [5.41, 5.74) is 1.95. The van der Waals surface area contributed by atoms with Crippen molar-refractivity contribution in [1.29, 1.82) is 0 Å². The van der Waals surface area contributed by atoms with Crippen molar-refractivity contribution in [3.05, 3.63) is 36.0 Å². The Morgan fingerprint density at radius 3 is 2.64 bits per heavy atom. The number of carbonyl (C=O) groups is 2. The van der Waals surface area contributed by atoms with E-state index in [1.54, 1.807) is 6.92 Å². The predicted octanol–water partition coefficient (Wildman–Crippen LogP) is 3.30. The van der Waals surface area contributed by atoms with Gasteiger partial charge in [0.25, 0.3) is 0 Å². The molecule has 0 radical (unpaired) electrons. The molecule has 1 heterocycles. The lowest BCUT2D eigenvalue weighted by Crippen LogP contribution is -2.65. The number of nitrogens with one attached hydrogen (secondary N) is 3. The van der Waals surface area contributed by atoms with E-state index in [1.807, 2.05) is 12.3 Å². The van der Waals surface area contributed by atoms with Gasteiger partial charge in [0.1, 0.15) is 0 Å². The number of aromatic amines is 1. The van der Waals surface area contributed by atoms with Gasteiger partial charge in [-0.05, 0) is 68.4 Å². The molecule has 2 unspecified atom stereocenters. The summed E-state index contributed by atoms with van der Waals surface area (Å²) in [5.74, 6) is 1.40. The number of hydrogen-bond acceptors (Lipinski definition) is 2. The Morgan fingerprint density at radius 1 is 1.14 bits per heavy atom. The molecule has 0 saturated heterocycles. The van der Waals surface area contributed by atoms with Gasteiger partial charge < -0.3 is 15.6 Å². The molecule has 5 nitrogen and oxygen atoms in total. The van der Waals surface area contributed by atoms with Crippen molar-refractivity contribution in [1.82, 2.24) is 15.6 Å². The molecule has 1 aromatic carbocycles. The van der Waals surface area contributed by atoms with Crippen LogP contribution in [-0.2, 0) is 16.0 Å². The summed E-state index contributed by atoms with van der Waals surface area (Å²) < 4.78 is 0. The number of H-pyrrole nitrogens is 1. The first-order chi connectivity index (χ1) is 13.5. The number of fused-ring (bicyclic) bond motifs is 1. The largest absolute Gasteiger partial charge is 0.361 e. The van der Waals surface area contributed by atoms with Gasteiger partial charge in [0.2, 0.25) is 11.8 Å². The van der Waals surface area contributed by atoms with Gasteiger partial charge in [-0.25, -0.2) is 0 Å². The van der Waals surface area contributed by atoms with E-state index in [0.717, 1.165) is 44.0 Å². The Hall–Kier alpha value is -2.30. The molecule has 2 amide bonds. The van der Waals surface area contributed by atoms with E-state index in [-0.39, 0.29) is 22.8 Å². The molecule has 3 N–H and O–H groups in total. The standard InChI is InChI=1S/C23H29N3O2/c1-15(27)26-23-11-16-8-17(12-23)10-22(9-16,14-23)21(28)24-7-6-18-13-25-20-5-3-2-4-19(18)20/h2-5,13,16-17,25H,6-12,14H2,1H3,(H,24,28)(H,26,27). The van der Waals surface area contributed by atoms with Crippen LogP contribution < -0.4 is 10.6 Å². The molecule has 28 heavy (non-hydrogen) atoms. The van der Waals surface area contributed by atoms with E-state index in [0.29, 0.717) is 18.4 Å². The third kappa shape index (κ3) is 2.92. The number of para-hydroxylation sites is 1. The van der Waals surface area contributed by atoms with Gasteiger partial charge in [-0.15, -0.1) is 0 Å². The van der Waals surface area contributed by atoms with Crippen molar-refractivity contribution in [3.63, 3.8) is 0 Å². The molecule has 4 aliphatic rings. The van der Waals surface area contributed by atoms with E-state index >= 15 is 0 Å². The molecule has 0 spiro atoms. The number of amides is 2. The molecular weight excluding hydrogens is 350 g/mol. The summed E-state index contributed by atoms with van der Waals surface area (Å²) in [6.07, 6.45) is 8.99. The Balaban J connectivity index is 1.28. The van der Waals surface area contributed by atoms with Gasteiger partial charge >= 0.3 is 0 Å². The number of aromatic nitrogens is 1. The van der Waals surface area contributed by atoms with Gasteiger partial charge in [-0.2, -0.15) is 0 Å². The Kier molecular flexibility index (Phi) is 4.04. The highest BCUT2D eigenvalue weighted by Gasteiger charge is 2.60. The Labute approximate surface area is 165 Å². The van der Waals surface area contributed by atoms with E-state index < -0.39 is 0 Å². The maximum atomic E-state index is 13.3. The number of rotatable bonds is 5. The molecule has 148 valence electrons. The van der Waals surface area contributed by atoms with Gasteiger partial charge in [0.05, 0.1) is 5.41 Å². The lowest BCUT2D eigenvalue weighted by molar-refractivity contribution is -0.153. The second-order valence-electron chi connectivity index (χ2n) is 9.57. The quantitative estimate of drug-likeness (QED) is 0.746. The first-order valence-corrected chi connectivity index (χ1v) is 10.6. The van der Waals surface area contributed by atoms with Crippen LogP contribution >= 0.6 is 0 Å². The van der Waals surface area contributed by atoms with Crippen LogP contribution in [-0.4, -0.2) is 28.9 Å². The van der Waals surface area contributed by atoms with E-state index in [1.165, 1.54) is 17.4 Å². The fourth-order valence-electron chi connectivity index (χ4n) is 6.88. The molecule has 1 aromatic heterocycles. The summed E-state index contributed by atoms with van der Waals surface area (Å²) in [6.45, 7) is 2.26. The summed E-state index contributed by atoms with van der Waals surface area (Å²) >= 11 is 0. The SMILES string of the molecule is CC(=O)NC12CC3CC(C1)CC(C(=O)NCCc1c[nH]c4ccccc14)(C3)C2. The van der Waals surface area contributed by atoms with Crippen molar-refractivity contribution in [3.8, 4) is 0 Å². The van der Waals surface area contributed by atoms with Crippen LogP contribution in [0.3, 0.4) is 0 Å². The number of benzene rings is 1. The minimum atomic E-state index is -0.285. The van der Waals surface area contributed by atoms with Crippen LogP contribution in [0.4, 0.5) is 0 Å². The van der Waals surface area contributed by atoms with Crippen molar-refractivity contribution in [2.45, 2.75) is 57.4 Å². The third-order valence-corrected chi connectivity index (χ3v) is 7.34. The first kappa shape index (κ1) is 17.8. The lowest BCUT2D eigenvalue weighted by Gasteiger charge is -2.61. The average Bonchev–Trinajstić information content (AvgIpc) is 3.03. The normalized spacial score (nSPS) is 33.2. The summed E-state index contributed by atoms with van der Waals surface area (Å²) in [6, 6.07) is 8.28. The minimum absolute atomic E-state index is 0.0387.